The Hall–Kier alpha value is -3.40. The number of hydrogen-bond donors (Lipinski definition) is 3. The van der Waals surface area contributed by atoms with Crippen molar-refractivity contribution >= 4 is 17.7 Å². The van der Waals surface area contributed by atoms with Gasteiger partial charge >= 0.3 is 11.7 Å². The van der Waals surface area contributed by atoms with Gasteiger partial charge in [0.1, 0.15) is 12.6 Å². The number of aliphatic hydroxyl groups is 2. The highest BCUT2D eigenvalue weighted by Gasteiger charge is 2.80. The minimum Gasteiger partial charge on any atom is -0.457 e. The van der Waals surface area contributed by atoms with Crippen LogP contribution >= 0.6 is 0 Å². The van der Waals surface area contributed by atoms with Crippen LogP contribution in [0.1, 0.15) is 58.2 Å². The molecule has 1 aliphatic heterocycles. The van der Waals surface area contributed by atoms with Gasteiger partial charge in [-0.15, -0.1) is 0 Å². The largest absolute Gasteiger partial charge is 0.457 e. The van der Waals surface area contributed by atoms with Crippen molar-refractivity contribution in [2.45, 2.75) is 94.9 Å². The van der Waals surface area contributed by atoms with Crippen LogP contribution in [-0.2, 0) is 23.8 Å². The van der Waals surface area contributed by atoms with Gasteiger partial charge in [-0.1, -0.05) is 19.1 Å². The van der Waals surface area contributed by atoms with Crippen LogP contribution in [0.25, 0.3) is 0 Å². The number of ether oxygens (including phenoxy) is 3. The molecule has 0 spiro atoms. The summed E-state index contributed by atoms with van der Waals surface area (Å²) in [5, 5.41) is 21.8. The number of carbonyl (C=O) groups is 3. The molecule has 0 radical (unpaired) electrons. The molecule has 10 atom stereocenters. The summed E-state index contributed by atoms with van der Waals surface area (Å²) in [6.07, 6.45) is -2.73. The van der Waals surface area contributed by atoms with Crippen molar-refractivity contribution in [3.8, 4) is 0 Å². The first-order valence-corrected chi connectivity index (χ1v) is 15.0. The Morgan fingerprint density at radius 2 is 1.83 bits per heavy atom. The first-order valence-electron chi connectivity index (χ1n) is 15.0. The zero-order valence-corrected chi connectivity index (χ0v) is 25.6. The number of esters is 1. The van der Waals surface area contributed by atoms with E-state index in [9.17, 15) is 38.6 Å². The van der Waals surface area contributed by atoms with Gasteiger partial charge in [0, 0.05) is 22.9 Å². The van der Waals surface area contributed by atoms with Gasteiger partial charge in [0.05, 0.1) is 18.3 Å². The van der Waals surface area contributed by atoms with Crippen LogP contribution in [0.3, 0.4) is 0 Å². The molecule has 3 saturated carbocycles. The lowest BCUT2D eigenvalue weighted by atomic mass is 9.44. The summed E-state index contributed by atoms with van der Waals surface area (Å²) >= 11 is 0. The molecule has 5 aliphatic rings. The lowest BCUT2D eigenvalue weighted by Gasteiger charge is -2.63. The van der Waals surface area contributed by atoms with E-state index < -0.39 is 112 Å². The molecule has 3 unspecified atom stereocenters. The molecule has 0 aromatic carbocycles. The minimum absolute atomic E-state index is 0.0467. The second kappa shape index (κ2) is 10.3. The van der Waals surface area contributed by atoms with E-state index >= 15 is 8.78 Å². The summed E-state index contributed by atoms with van der Waals surface area (Å²) in [5.74, 6) is -8.13. The fourth-order valence-corrected chi connectivity index (χ4v) is 9.10. The Morgan fingerprint density at radius 3 is 2.52 bits per heavy atom. The maximum atomic E-state index is 17.6. The van der Waals surface area contributed by atoms with E-state index in [4.69, 9.17) is 14.2 Å². The molecule has 2 heterocycles. The molecule has 0 bridgehead atoms. The van der Waals surface area contributed by atoms with Crippen LogP contribution in [0.4, 0.5) is 13.2 Å². The zero-order chi connectivity index (χ0) is 33.8. The Kier molecular flexibility index (Phi) is 7.28. The number of aromatic nitrogens is 2. The van der Waals surface area contributed by atoms with Gasteiger partial charge < -0.3 is 29.4 Å². The summed E-state index contributed by atoms with van der Waals surface area (Å²) in [7, 11) is 0. The van der Waals surface area contributed by atoms with Crippen molar-refractivity contribution in [3.63, 3.8) is 0 Å². The van der Waals surface area contributed by atoms with Crippen molar-refractivity contribution in [1.29, 1.82) is 0 Å². The van der Waals surface area contributed by atoms with Crippen LogP contribution in [-0.4, -0.2) is 85.6 Å². The molecule has 12 nitrogen and oxygen atoms in total. The van der Waals surface area contributed by atoms with E-state index in [-0.39, 0.29) is 29.4 Å². The second-order valence-electron chi connectivity index (χ2n) is 13.8. The van der Waals surface area contributed by atoms with Crippen LogP contribution in [0.15, 0.2) is 39.6 Å². The molecule has 0 amide bonds. The van der Waals surface area contributed by atoms with Gasteiger partial charge in [0.15, 0.2) is 23.7 Å². The number of aromatic amines is 1. The Balaban J connectivity index is 1.29. The van der Waals surface area contributed by atoms with Crippen molar-refractivity contribution in [2.24, 2.45) is 22.7 Å². The standard InChI is InChI=1S/C31H35F3N2O10/c1-27(2)45-22-9-15-16-8-18(32)17-7-14(37)5-6-28(17,3)30(16,34)20(38)11-29(15,4)31(22,46-27)21(39)13-44-24(41)10-23(40)36-25(42)19(33)12-35-26(36)43/h5-7,12,14-16,18,20,22,37-38H,8-11,13H2,1-4H3,(H,35,43)/t14?,15?,16?,18-,20-,22+,28-,29-,30-,31+/m0/s1. The van der Waals surface area contributed by atoms with Crippen LogP contribution in [0, 0.1) is 28.5 Å². The maximum absolute atomic E-state index is 17.6. The average molecular weight is 653 g/mol. The normalized spacial score (nSPS) is 41.9. The zero-order valence-electron chi connectivity index (χ0n) is 25.6. The second-order valence-corrected chi connectivity index (χ2v) is 13.8. The molecular weight excluding hydrogens is 617 g/mol. The van der Waals surface area contributed by atoms with Crippen molar-refractivity contribution in [3.05, 3.63) is 56.7 Å². The number of carbonyl (C=O) groups excluding carboxylic acids is 3. The number of nitrogens with one attached hydrogen (secondary N) is 1. The minimum atomic E-state index is -2.37. The van der Waals surface area contributed by atoms with E-state index in [0.717, 1.165) is 0 Å². The first-order chi connectivity index (χ1) is 21.3. The quantitative estimate of drug-likeness (QED) is 0.240. The average Bonchev–Trinajstić information content (AvgIpc) is 3.38. The number of Topliss-reactive ketones (excluding diaryl/α,β-unsaturated/α-hetero) is 1. The third kappa shape index (κ3) is 4.24. The number of rotatable bonds is 5. The van der Waals surface area contributed by atoms with Crippen molar-refractivity contribution in [1.82, 2.24) is 9.55 Å². The highest BCUT2D eigenvalue weighted by molar-refractivity contribution is 5.97. The maximum Gasteiger partial charge on any atom is 0.335 e. The molecule has 4 fully saturated rings. The fraction of sp³-hybridized carbons (Fsp3) is 0.645. The molecule has 3 N–H and O–H groups in total. The Morgan fingerprint density at radius 1 is 1.13 bits per heavy atom. The summed E-state index contributed by atoms with van der Waals surface area (Å²) in [4.78, 5) is 64.8. The molecule has 250 valence electrons. The highest BCUT2D eigenvalue weighted by Crippen LogP contribution is 2.72. The molecule has 1 aromatic rings. The third-order valence-electron chi connectivity index (χ3n) is 11.0. The molecule has 1 aromatic heterocycles. The smallest absolute Gasteiger partial charge is 0.335 e. The predicted molar refractivity (Wildman–Crippen MR) is 150 cm³/mol. The van der Waals surface area contributed by atoms with Gasteiger partial charge in [-0.3, -0.25) is 19.2 Å². The van der Waals surface area contributed by atoms with Crippen LogP contribution in [0.5, 0.6) is 0 Å². The molecule has 15 heteroatoms. The first kappa shape index (κ1) is 32.5. The molecular formula is C31H35F3N2O10. The molecule has 4 aliphatic carbocycles. The topological polar surface area (TPSA) is 174 Å². The third-order valence-corrected chi connectivity index (χ3v) is 11.0. The highest BCUT2D eigenvalue weighted by atomic mass is 19.1. The Labute approximate surface area is 260 Å². The summed E-state index contributed by atoms with van der Waals surface area (Å²) < 4.78 is 64.4. The van der Waals surface area contributed by atoms with Gasteiger partial charge in [-0.25, -0.2) is 13.6 Å². The lowest BCUT2D eigenvalue weighted by Crippen LogP contribution is -2.71. The summed E-state index contributed by atoms with van der Waals surface area (Å²) in [6.45, 7) is 5.29. The summed E-state index contributed by atoms with van der Waals surface area (Å²) in [5.41, 5.74) is -9.99. The number of hydrogen-bond acceptors (Lipinski definition) is 10. The monoisotopic (exact) mass is 652 g/mol. The van der Waals surface area contributed by atoms with Gasteiger partial charge in [-0.05, 0) is 57.6 Å². The van der Waals surface area contributed by atoms with Crippen LogP contribution < -0.4 is 11.2 Å². The number of allylic oxidation sites excluding steroid dienone is 2. The molecule has 6 rings (SSSR count). The molecule has 46 heavy (non-hydrogen) atoms. The lowest BCUT2D eigenvalue weighted by molar-refractivity contribution is -0.249. The number of ketones is 1. The van der Waals surface area contributed by atoms with E-state index in [0.29, 0.717) is 6.20 Å². The number of alkyl halides is 2. The van der Waals surface area contributed by atoms with E-state index in [1.165, 1.54) is 25.2 Å². The van der Waals surface area contributed by atoms with Gasteiger partial charge in [0.25, 0.3) is 5.56 Å². The fourth-order valence-electron chi connectivity index (χ4n) is 9.10. The van der Waals surface area contributed by atoms with Crippen molar-refractivity contribution in [2.75, 3.05) is 6.61 Å². The number of H-pyrrole nitrogens is 1. The number of fused-ring (bicyclic) bond motifs is 7. The van der Waals surface area contributed by atoms with E-state index in [2.05, 4.69) is 0 Å². The summed E-state index contributed by atoms with van der Waals surface area (Å²) in [6, 6.07) is 0. The van der Waals surface area contributed by atoms with Crippen molar-refractivity contribution < 1.29 is 52.0 Å². The molecule has 1 saturated heterocycles. The van der Waals surface area contributed by atoms with Gasteiger partial charge in [0.2, 0.25) is 17.5 Å². The predicted octanol–water partition coefficient (Wildman–Crippen LogP) is 1.43. The Bertz CT molecular complexity index is 1700. The number of aliphatic hydroxyl groups excluding tert-OH is 2. The van der Waals surface area contributed by atoms with E-state index in [1.807, 2.05) is 4.98 Å². The number of nitrogens with zero attached hydrogens (tertiary/aromatic N) is 1. The number of halogens is 3. The SMILES string of the molecule is CC1(C)O[C@@H]2CC3C4C[C@H](F)C5=CC(O)C=C[C@]5(C)[C@@]4(F)[C@@H](O)C[C@]3(C)[C@]2(C(=O)COC(=O)CC(=O)n2c(=O)[nH]cc(F)c2=O)O1. The van der Waals surface area contributed by atoms with Gasteiger partial charge in [-0.2, -0.15) is 8.96 Å². The van der Waals surface area contributed by atoms with E-state index in [1.54, 1.807) is 20.8 Å². The van der Waals surface area contributed by atoms with Crippen LogP contribution in [0.2, 0.25) is 0 Å².